The van der Waals surface area contributed by atoms with E-state index in [1.807, 2.05) is 6.07 Å². The van der Waals surface area contributed by atoms with Gasteiger partial charge in [0.1, 0.15) is 12.1 Å². The molecule has 0 fully saturated rings. The van der Waals surface area contributed by atoms with E-state index in [9.17, 15) is 4.79 Å². The van der Waals surface area contributed by atoms with Crippen LogP contribution in [0.2, 0.25) is 0 Å². The van der Waals surface area contributed by atoms with E-state index in [0.29, 0.717) is 11.4 Å². The molecule has 0 spiro atoms. The highest BCUT2D eigenvalue weighted by atomic mass is 79.9. The minimum atomic E-state index is -0.281. The molecule has 5 nitrogen and oxygen atoms in total. The van der Waals surface area contributed by atoms with E-state index in [1.165, 1.54) is 10.9 Å². The lowest BCUT2D eigenvalue weighted by atomic mass is 10.3. The fourth-order valence-corrected chi connectivity index (χ4v) is 1.63. The van der Waals surface area contributed by atoms with Crippen LogP contribution in [-0.4, -0.2) is 22.7 Å². The van der Waals surface area contributed by atoms with Crippen LogP contribution in [0.4, 0.5) is 10.5 Å². The first kappa shape index (κ1) is 11.7. The molecule has 6 heteroatoms. The molecule has 2 aromatic rings. The van der Waals surface area contributed by atoms with Gasteiger partial charge in [0.15, 0.2) is 0 Å². The van der Waals surface area contributed by atoms with E-state index in [0.717, 1.165) is 4.47 Å². The Labute approximate surface area is 107 Å². The molecule has 0 unspecified atom stereocenters. The van der Waals surface area contributed by atoms with E-state index in [1.54, 1.807) is 31.6 Å². The largest absolute Gasteiger partial charge is 0.497 e. The molecular weight excluding hydrogens is 286 g/mol. The molecular formula is C11H10BrN3O2. The van der Waals surface area contributed by atoms with Crippen LogP contribution in [0.15, 0.2) is 41.4 Å². The molecule has 88 valence electrons. The fourth-order valence-electron chi connectivity index (χ4n) is 1.29. The van der Waals surface area contributed by atoms with Gasteiger partial charge in [-0.05, 0) is 28.1 Å². The third kappa shape index (κ3) is 2.65. The Kier molecular flexibility index (Phi) is 3.43. The zero-order valence-corrected chi connectivity index (χ0v) is 10.6. The van der Waals surface area contributed by atoms with Gasteiger partial charge in [0.2, 0.25) is 0 Å². The summed E-state index contributed by atoms with van der Waals surface area (Å²) in [4.78, 5) is 15.6. The Morgan fingerprint density at radius 3 is 3.00 bits per heavy atom. The highest BCUT2D eigenvalue weighted by Crippen LogP contribution is 2.27. The van der Waals surface area contributed by atoms with Crippen molar-refractivity contribution in [1.29, 1.82) is 0 Å². The predicted molar refractivity (Wildman–Crippen MR) is 67.3 cm³/mol. The molecule has 0 saturated heterocycles. The number of carbonyl (C=O) groups excluding carboxylic acids is 1. The van der Waals surface area contributed by atoms with Crippen LogP contribution in [0.1, 0.15) is 0 Å². The van der Waals surface area contributed by atoms with Gasteiger partial charge in [-0.25, -0.2) is 9.78 Å². The summed E-state index contributed by atoms with van der Waals surface area (Å²) in [6.45, 7) is 0. The first-order valence-corrected chi connectivity index (χ1v) is 5.63. The Hall–Kier alpha value is -1.82. The first-order chi connectivity index (χ1) is 8.20. The van der Waals surface area contributed by atoms with Gasteiger partial charge < -0.3 is 10.1 Å². The molecule has 0 aliphatic rings. The number of hydrogen-bond acceptors (Lipinski definition) is 3. The van der Waals surface area contributed by atoms with E-state index < -0.39 is 0 Å². The zero-order valence-electron chi connectivity index (χ0n) is 9.05. The van der Waals surface area contributed by atoms with E-state index in [2.05, 4.69) is 26.2 Å². The predicted octanol–water partition coefficient (Wildman–Crippen LogP) is 2.73. The third-order valence-electron chi connectivity index (χ3n) is 2.15. The number of halogens is 1. The van der Waals surface area contributed by atoms with Crippen LogP contribution in [0.3, 0.4) is 0 Å². The third-order valence-corrected chi connectivity index (χ3v) is 2.85. The summed E-state index contributed by atoms with van der Waals surface area (Å²) in [7, 11) is 1.57. The van der Waals surface area contributed by atoms with Gasteiger partial charge in [0.05, 0.1) is 12.8 Å². The number of hydrogen-bond donors (Lipinski definition) is 1. The van der Waals surface area contributed by atoms with Gasteiger partial charge in [0, 0.05) is 22.9 Å². The van der Waals surface area contributed by atoms with Crippen molar-refractivity contribution >= 4 is 27.6 Å². The molecule has 2 rings (SSSR count). The van der Waals surface area contributed by atoms with E-state index >= 15 is 0 Å². The highest BCUT2D eigenvalue weighted by molar-refractivity contribution is 9.10. The SMILES string of the molecule is COc1ccc(Br)c(NC(=O)n2ccnc2)c1. The maximum atomic E-state index is 11.8. The van der Waals surface area contributed by atoms with Crippen molar-refractivity contribution in [3.8, 4) is 5.75 Å². The Morgan fingerprint density at radius 1 is 1.53 bits per heavy atom. The molecule has 1 heterocycles. The Bertz CT molecular complexity index is 526. The fraction of sp³-hybridized carbons (Fsp3) is 0.0909. The van der Waals surface area contributed by atoms with Crippen molar-refractivity contribution in [3.05, 3.63) is 41.4 Å². The summed E-state index contributed by atoms with van der Waals surface area (Å²) in [5, 5.41) is 2.74. The maximum absolute atomic E-state index is 11.8. The minimum Gasteiger partial charge on any atom is -0.497 e. The summed E-state index contributed by atoms with van der Waals surface area (Å²) in [6.07, 6.45) is 4.55. The smallest absolute Gasteiger partial charge is 0.331 e. The number of ether oxygens (including phenoxy) is 1. The van der Waals surface area contributed by atoms with Gasteiger partial charge in [-0.15, -0.1) is 0 Å². The number of amides is 1. The summed E-state index contributed by atoms with van der Waals surface area (Å²) in [5.74, 6) is 0.675. The van der Waals surface area contributed by atoms with Crippen LogP contribution in [0.5, 0.6) is 5.75 Å². The Balaban J connectivity index is 2.21. The lowest BCUT2D eigenvalue weighted by Gasteiger charge is -2.09. The molecule has 0 aliphatic carbocycles. The second kappa shape index (κ2) is 5.01. The maximum Gasteiger partial charge on any atom is 0.331 e. The number of anilines is 1. The molecule has 0 aliphatic heterocycles. The van der Waals surface area contributed by atoms with Crippen LogP contribution in [-0.2, 0) is 0 Å². The number of imidazole rings is 1. The molecule has 0 atom stereocenters. The molecule has 1 aromatic carbocycles. The van der Waals surface area contributed by atoms with E-state index in [4.69, 9.17) is 4.74 Å². The molecule has 1 N–H and O–H groups in total. The van der Waals surface area contributed by atoms with Gasteiger partial charge >= 0.3 is 6.03 Å². The average molecular weight is 296 g/mol. The second-order valence-corrected chi connectivity index (χ2v) is 4.10. The molecule has 0 radical (unpaired) electrons. The van der Waals surface area contributed by atoms with E-state index in [-0.39, 0.29) is 6.03 Å². The summed E-state index contributed by atoms with van der Waals surface area (Å²) >= 11 is 3.36. The average Bonchev–Trinajstić information content (AvgIpc) is 2.85. The number of rotatable bonds is 2. The molecule has 0 bridgehead atoms. The number of nitrogens with one attached hydrogen (secondary N) is 1. The van der Waals surface area contributed by atoms with Crippen molar-refractivity contribution in [3.63, 3.8) is 0 Å². The number of methoxy groups -OCH3 is 1. The normalized spacial score (nSPS) is 10.0. The monoisotopic (exact) mass is 295 g/mol. The topological polar surface area (TPSA) is 56.1 Å². The van der Waals surface area contributed by atoms with Crippen LogP contribution in [0.25, 0.3) is 0 Å². The van der Waals surface area contributed by atoms with Gasteiger partial charge in [0.25, 0.3) is 0 Å². The van der Waals surface area contributed by atoms with Crippen molar-refractivity contribution < 1.29 is 9.53 Å². The highest BCUT2D eigenvalue weighted by Gasteiger charge is 2.07. The van der Waals surface area contributed by atoms with Crippen molar-refractivity contribution in [2.45, 2.75) is 0 Å². The number of benzene rings is 1. The molecule has 0 saturated carbocycles. The zero-order chi connectivity index (χ0) is 12.3. The minimum absolute atomic E-state index is 0.281. The van der Waals surface area contributed by atoms with Crippen molar-refractivity contribution in [1.82, 2.24) is 9.55 Å². The van der Waals surface area contributed by atoms with Gasteiger partial charge in [-0.3, -0.25) is 4.57 Å². The van der Waals surface area contributed by atoms with Gasteiger partial charge in [-0.1, -0.05) is 0 Å². The lowest BCUT2D eigenvalue weighted by molar-refractivity contribution is 0.253. The van der Waals surface area contributed by atoms with Crippen LogP contribution >= 0.6 is 15.9 Å². The number of aromatic nitrogens is 2. The second-order valence-electron chi connectivity index (χ2n) is 3.25. The van der Waals surface area contributed by atoms with Crippen LogP contribution in [0, 0.1) is 0 Å². The summed E-state index contributed by atoms with van der Waals surface area (Å²) in [5.41, 5.74) is 0.642. The van der Waals surface area contributed by atoms with Gasteiger partial charge in [-0.2, -0.15) is 0 Å². The quantitative estimate of drug-likeness (QED) is 0.927. The Morgan fingerprint density at radius 2 is 2.35 bits per heavy atom. The molecule has 17 heavy (non-hydrogen) atoms. The number of carbonyl (C=O) groups is 1. The molecule has 1 amide bonds. The van der Waals surface area contributed by atoms with Crippen molar-refractivity contribution in [2.24, 2.45) is 0 Å². The molecule has 1 aromatic heterocycles. The summed E-state index contributed by atoms with van der Waals surface area (Å²) < 4.78 is 7.23. The van der Waals surface area contributed by atoms with Crippen LogP contribution < -0.4 is 10.1 Å². The number of nitrogens with zero attached hydrogens (tertiary/aromatic N) is 2. The summed E-state index contributed by atoms with van der Waals surface area (Å²) in [6, 6.07) is 5.06. The lowest BCUT2D eigenvalue weighted by Crippen LogP contribution is -2.18. The van der Waals surface area contributed by atoms with Crippen molar-refractivity contribution in [2.75, 3.05) is 12.4 Å². The first-order valence-electron chi connectivity index (χ1n) is 4.83. The standard InChI is InChI=1S/C11H10BrN3O2/c1-17-8-2-3-9(12)10(6-8)14-11(16)15-5-4-13-7-15/h2-7H,1H3,(H,14,16).